The van der Waals surface area contributed by atoms with Crippen LogP contribution >= 0.6 is 23.2 Å². The molecule has 19 heavy (non-hydrogen) atoms. The van der Waals surface area contributed by atoms with E-state index in [1.807, 2.05) is 0 Å². The summed E-state index contributed by atoms with van der Waals surface area (Å²) in [6, 6.07) is 3.41. The Kier molecular flexibility index (Phi) is 4.82. The summed E-state index contributed by atoms with van der Waals surface area (Å²) >= 11 is 11.6. The Bertz CT molecular complexity index is 509. The topological polar surface area (TPSA) is 66.4 Å². The van der Waals surface area contributed by atoms with E-state index in [1.54, 1.807) is 20.8 Å². The van der Waals surface area contributed by atoms with Gasteiger partial charge in [0.1, 0.15) is 6.04 Å². The maximum absolute atomic E-state index is 12.0. The van der Waals surface area contributed by atoms with Gasteiger partial charge in [-0.05, 0) is 23.6 Å². The number of hydrogen-bond donors (Lipinski definition) is 2. The molecule has 0 spiro atoms. The van der Waals surface area contributed by atoms with Crippen LogP contribution in [0.2, 0.25) is 10.0 Å². The second-order valence-electron chi connectivity index (χ2n) is 5.23. The first-order valence-corrected chi connectivity index (χ1v) is 6.37. The SMILES string of the molecule is CC(C)(C)[C@@H](NC(=O)c1ccc(Cl)cc1Cl)C(=O)O. The Labute approximate surface area is 121 Å². The van der Waals surface area contributed by atoms with Gasteiger partial charge < -0.3 is 10.4 Å². The number of halogens is 2. The van der Waals surface area contributed by atoms with Crippen molar-refractivity contribution < 1.29 is 14.7 Å². The lowest BCUT2D eigenvalue weighted by Crippen LogP contribution is -2.49. The van der Waals surface area contributed by atoms with E-state index in [4.69, 9.17) is 28.3 Å². The van der Waals surface area contributed by atoms with E-state index < -0.39 is 23.3 Å². The molecule has 1 rings (SSSR count). The molecule has 1 amide bonds. The van der Waals surface area contributed by atoms with Gasteiger partial charge >= 0.3 is 5.97 Å². The average Bonchev–Trinajstić information content (AvgIpc) is 2.23. The summed E-state index contributed by atoms with van der Waals surface area (Å²) < 4.78 is 0. The first kappa shape index (κ1) is 15.8. The van der Waals surface area contributed by atoms with Gasteiger partial charge in [0, 0.05) is 5.02 Å². The number of carbonyl (C=O) groups excluding carboxylic acids is 1. The zero-order valence-corrected chi connectivity index (χ0v) is 12.3. The van der Waals surface area contributed by atoms with E-state index in [1.165, 1.54) is 18.2 Å². The number of carboxylic acids is 1. The van der Waals surface area contributed by atoms with Gasteiger partial charge in [-0.25, -0.2) is 4.79 Å². The van der Waals surface area contributed by atoms with Crippen LogP contribution in [0, 0.1) is 5.41 Å². The van der Waals surface area contributed by atoms with Crippen LogP contribution in [0.25, 0.3) is 0 Å². The zero-order chi connectivity index (χ0) is 14.8. The van der Waals surface area contributed by atoms with Gasteiger partial charge in [-0.3, -0.25) is 4.79 Å². The molecule has 1 atom stereocenters. The van der Waals surface area contributed by atoms with Crippen molar-refractivity contribution in [3.63, 3.8) is 0 Å². The molecule has 0 unspecified atom stereocenters. The smallest absolute Gasteiger partial charge is 0.326 e. The number of hydrogen-bond acceptors (Lipinski definition) is 2. The van der Waals surface area contributed by atoms with Crippen molar-refractivity contribution in [2.75, 3.05) is 0 Å². The zero-order valence-electron chi connectivity index (χ0n) is 10.8. The van der Waals surface area contributed by atoms with Crippen molar-refractivity contribution in [2.45, 2.75) is 26.8 Å². The van der Waals surface area contributed by atoms with E-state index in [-0.39, 0.29) is 10.6 Å². The van der Waals surface area contributed by atoms with Gasteiger partial charge in [0.25, 0.3) is 5.91 Å². The highest BCUT2D eigenvalue weighted by Crippen LogP contribution is 2.23. The van der Waals surface area contributed by atoms with E-state index in [9.17, 15) is 9.59 Å². The minimum absolute atomic E-state index is 0.183. The normalized spacial score (nSPS) is 12.9. The minimum Gasteiger partial charge on any atom is -0.480 e. The van der Waals surface area contributed by atoms with Gasteiger partial charge in [-0.1, -0.05) is 44.0 Å². The highest BCUT2D eigenvalue weighted by molar-refractivity contribution is 6.36. The molecule has 0 saturated heterocycles. The van der Waals surface area contributed by atoms with E-state index >= 15 is 0 Å². The van der Waals surface area contributed by atoms with Gasteiger partial charge in [-0.15, -0.1) is 0 Å². The fourth-order valence-electron chi connectivity index (χ4n) is 1.53. The molecule has 0 aromatic heterocycles. The van der Waals surface area contributed by atoms with Crippen molar-refractivity contribution in [1.82, 2.24) is 5.32 Å². The van der Waals surface area contributed by atoms with Crippen LogP contribution in [-0.2, 0) is 4.79 Å². The maximum atomic E-state index is 12.0. The summed E-state index contributed by atoms with van der Waals surface area (Å²) in [5.74, 6) is -1.63. The number of benzene rings is 1. The Balaban J connectivity index is 2.98. The lowest BCUT2D eigenvalue weighted by atomic mass is 9.86. The summed E-state index contributed by atoms with van der Waals surface area (Å²) in [5.41, 5.74) is -0.415. The van der Waals surface area contributed by atoms with Crippen LogP contribution in [0.15, 0.2) is 18.2 Å². The summed E-state index contributed by atoms with van der Waals surface area (Å²) in [6.07, 6.45) is 0. The Hall–Kier alpha value is -1.26. The highest BCUT2D eigenvalue weighted by Gasteiger charge is 2.33. The molecule has 0 saturated carbocycles. The first-order valence-electron chi connectivity index (χ1n) is 5.61. The summed E-state index contributed by atoms with van der Waals surface area (Å²) in [5, 5.41) is 12.2. The van der Waals surface area contributed by atoms with Crippen LogP contribution in [0.1, 0.15) is 31.1 Å². The number of aliphatic carboxylic acids is 1. The highest BCUT2D eigenvalue weighted by atomic mass is 35.5. The quantitative estimate of drug-likeness (QED) is 0.901. The monoisotopic (exact) mass is 303 g/mol. The van der Waals surface area contributed by atoms with Crippen molar-refractivity contribution in [3.8, 4) is 0 Å². The van der Waals surface area contributed by atoms with Gasteiger partial charge in [-0.2, -0.15) is 0 Å². The van der Waals surface area contributed by atoms with E-state index in [2.05, 4.69) is 5.32 Å². The van der Waals surface area contributed by atoms with Crippen LogP contribution in [0.5, 0.6) is 0 Å². The molecular formula is C13H15Cl2NO3. The maximum Gasteiger partial charge on any atom is 0.326 e. The molecule has 0 aliphatic rings. The lowest BCUT2D eigenvalue weighted by molar-refractivity contribution is -0.142. The van der Waals surface area contributed by atoms with Crippen molar-refractivity contribution >= 4 is 35.1 Å². The third kappa shape index (κ3) is 4.11. The number of carbonyl (C=O) groups is 2. The molecule has 1 aromatic carbocycles. The third-order valence-corrected chi connectivity index (χ3v) is 3.11. The van der Waals surface area contributed by atoms with Gasteiger partial charge in [0.15, 0.2) is 0 Å². The molecule has 0 heterocycles. The Morgan fingerprint density at radius 1 is 1.26 bits per heavy atom. The fraction of sp³-hybridized carbons (Fsp3) is 0.385. The number of carboxylic acid groups (broad SMARTS) is 1. The predicted molar refractivity (Wildman–Crippen MR) is 74.8 cm³/mol. The third-order valence-electron chi connectivity index (χ3n) is 2.56. The standard InChI is InChI=1S/C13H15Cl2NO3/c1-13(2,3)10(12(18)19)16-11(17)8-5-4-7(14)6-9(8)15/h4-6,10H,1-3H3,(H,16,17)(H,18,19)/t10-/m0/s1. The molecule has 0 radical (unpaired) electrons. The van der Waals surface area contributed by atoms with Crippen LogP contribution in [0.3, 0.4) is 0 Å². The fourth-order valence-corrected chi connectivity index (χ4v) is 2.03. The first-order chi connectivity index (χ1) is 8.62. The Morgan fingerprint density at radius 3 is 2.26 bits per heavy atom. The van der Waals surface area contributed by atoms with Gasteiger partial charge in [0.2, 0.25) is 0 Å². The van der Waals surface area contributed by atoms with Crippen LogP contribution < -0.4 is 5.32 Å². The van der Waals surface area contributed by atoms with Crippen molar-refractivity contribution in [3.05, 3.63) is 33.8 Å². The number of rotatable bonds is 3. The molecule has 4 nitrogen and oxygen atoms in total. The van der Waals surface area contributed by atoms with E-state index in [0.717, 1.165) is 0 Å². The average molecular weight is 304 g/mol. The van der Waals surface area contributed by atoms with Crippen LogP contribution in [-0.4, -0.2) is 23.0 Å². The number of nitrogens with one attached hydrogen (secondary N) is 1. The molecule has 1 aromatic rings. The molecule has 104 valence electrons. The summed E-state index contributed by atoms with van der Waals surface area (Å²) in [7, 11) is 0. The lowest BCUT2D eigenvalue weighted by Gasteiger charge is -2.27. The molecule has 0 bridgehead atoms. The molecule has 0 fully saturated rings. The number of amides is 1. The molecule has 2 N–H and O–H groups in total. The molecule has 0 aliphatic heterocycles. The second kappa shape index (κ2) is 5.80. The van der Waals surface area contributed by atoms with Gasteiger partial charge in [0.05, 0.1) is 10.6 Å². The molecule has 6 heteroatoms. The van der Waals surface area contributed by atoms with Crippen LogP contribution in [0.4, 0.5) is 0 Å². The predicted octanol–water partition coefficient (Wildman–Crippen LogP) is 3.22. The summed E-state index contributed by atoms with van der Waals surface area (Å²) in [6.45, 7) is 5.20. The second-order valence-corrected chi connectivity index (χ2v) is 6.08. The van der Waals surface area contributed by atoms with Crippen molar-refractivity contribution in [2.24, 2.45) is 5.41 Å². The molecule has 0 aliphatic carbocycles. The minimum atomic E-state index is -1.09. The van der Waals surface area contributed by atoms with Crippen molar-refractivity contribution in [1.29, 1.82) is 0 Å². The Morgan fingerprint density at radius 2 is 1.84 bits per heavy atom. The molecular weight excluding hydrogens is 289 g/mol. The largest absolute Gasteiger partial charge is 0.480 e. The van der Waals surface area contributed by atoms with E-state index in [0.29, 0.717) is 5.02 Å². The summed E-state index contributed by atoms with van der Waals surface area (Å²) in [4.78, 5) is 23.2.